The number of hydrogen-bond donors (Lipinski definition) is 4. The van der Waals surface area contributed by atoms with Crippen LogP contribution in [0.2, 0.25) is 0 Å². The van der Waals surface area contributed by atoms with Crippen LogP contribution in [0.5, 0.6) is 0 Å². The van der Waals surface area contributed by atoms with Crippen molar-refractivity contribution in [3.8, 4) is 6.07 Å². The van der Waals surface area contributed by atoms with Gasteiger partial charge in [0, 0.05) is 17.8 Å². The van der Waals surface area contributed by atoms with E-state index in [-0.39, 0.29) is 23.1 Å². The van der Waals surface area contributed by atoms with Gasteiger partial charge in [0.2, 0.25) is 0 Å². The van der Waals surface area contributed by atoms with Gasteiger partial charge in [0.25, 0.3) is 0 Å². The molecule has 4 N–H and O–H groups in total. The number of aryl methyl sites for hydroxylation is 2. The smallest absolute Gasteiger partial charge is 0.404 e. The molecule has 0 spiro atoms. The van der Waals surface area contributed by atoms with Gasteiger partial charge in [0.1, 0.15) is 6.07 Å². The number of nitriles is 1. The van der Waals surface area contributed by atoms with Gasteiger partial charge in [-0.3, -0.25) is 4.98 Å². The standard InChI is InChI=1S/C21H27FN6O2/c1-11(2)6-18(14(5)25-21(29)30)27-20-17(22)8-15(9-23)19(28-20)26-16-7-12(3)13(4)24-10-16/h7-8,10-11,14,18,25H,6H2,1-5H3,(H,29,30)(H2,26,27,28)/t14-,18-/m0/s1. The number of anilines is 3. The zero-order valence-corrected chi connectivity index (χ0v) is 17.7. The Kier molecular flexibility index (Phi) is 7.53. The molecule has 8 nitrogen and oxygen atoms in total. The zero-order chi connectivity index (χ0) is 22.4. The SMILES string of the molecule is Cc1cc(Nc2nc(N[C@@H](CC(C)C)[C@H](C)NC(=O)O)c(F)cc2C#N)cnc1C. The van der Waals surface area contributed by atoms with E-state index in [1.165, 1.54) is 0 Å². The third kappa shape index (κ3) is 6.04. The van der Waals surface area contributed by atoms with E-state index < -0.39 is 24.0 Å². The van der Waals surface area contributed by atoms with Crippen molar-refractivity contribution in [1.29, 1.82) is 5.26 Å². The van der Waals surface area contributed by atoms with Gasteiger partial charge in [-0.15, -0.1) is 0 Å². The molecule has 0 bridgehead atoms. The Bertz CT molecular complexity index is 957. The van der Waals surface area contributed by atoms with Crippen LogP contribution in [0.25, 0.3) is 0 Å². The average molecular weight is 414 g/mol. The summed E-state index contributed by atoms with van der Waals surface area (Å²) >= 11 is 0. The Morgan fingerprint density at radius 1 is 1.27 bits per heavy atom. The van der Waals surface area contributed by atoms with E-state index in [4.69, 9.17) is 5.11 Å². The van der Waals surface area contributed by atoms with E-state index in [1.54, 1.807) is 13.1 Å². The maximum Gasteiger partial charge on any atom is 0.404 e. The van der Waals surface area contributed by atoms with Gasteiger partial charge in [-0.25, -0.2) is 14.2 Å². The van der Waals surface area contributed by atoms with Crippen molar-refractivity contribution in [1.82, 2.24) is 15.3 Å². The van der Waals surface area contributed by atoms with Gasteiger partial charge < -0.3 is 21.1 Å². The van der Waals surface area contributed by atoms with E-state index in [2.05, 4.69) is 25.9 Å². The number of carboxylic acid groups (broad SMARTS) is 1. The largest absolute Gasteiger partial charge is 0.465 e. The molecular formula is C21H27FN6O2. The molecule has 2 aromatic heterocycles. The fourth-order valence-corrected chi connectivity index (χ4v) is 2.99. The molecule has 30 heavy (non-hydrogen) atoms. The Morgan fingerprint density at radius 3 is 2.53 bits per heavy atom. The lowest BCUT2D eigenvalue weighted by Crippen LogP contribution is -2.45. The normalized spacial score (nSPS) is 12.7. The van der Waals surface area contributed by atoms with E-state index >= 15 is 0 Å². The van der Waals surface area contributed by atoms with Crippen molar-refractivity contribution >= 4 is 23.4 Å². The fourth-order valence-electron chi connectivity index (χ4n) is 2.99. The molecular weight excluding hydrogens is 387 g/mol. The minimum atomic E-state index is -1.16. The molecule has 2 heterocycles. The first-order chi connectivity index (χ1) is 14.1. The molecule has 0 aliphatic carbocycles. The molecule has 0 fully saturated rings. The van der Waals surface area contributed by atoms with Crippen molar-refractivity contribution in [3.05, 3.63) is 41.0 Å². The lowest BCUT2D eigenvalue weighted by atomic mass is 9.98. The van der Waals surface area contributed by atoms with E-state index in [9.17, 15) is 14.4 Å². The van der Waals surface area contributed by atoms with Crippen molar-refractivity contribution in [2.75, 3.05) is 10.6 Å². The predicted molar refractivity (Wildman–Crippen MR) is 113 cm³/mol. The number of nitrogens with one attached hydrogen (secondary N) is 3. The first-order valence-electron chi connectivity index (χ1n) is 9.67. The Balaban J connectivity index is 2.36. The van der Waals surface area contributed by atoms with Crippen molar-refractivity contribution < 1.29 is 14.3 Å². The summed E-state index contributed by atoms with van der Waals surface area (Å²) in [6.45, 7) is 9.49. The number of hydrogen-bond acceptors (Lipinski definition) is 6. The highest BCUT2D eigenvalue weighted by atomic mass is 19.1. The van der Waals surface area contributed by atoms with Crippen LogP contribution in [-0.4, -0.2) is 33.3 Å². The van der Waals surface area contributed by atoms with E-state index in [1.807, 2.05) is 39.8 Å². The second-order valence-electron chi connectivity index (χ2n) is 7.70. The van der Waals surface area contributed by atoms with Gasteiger partial charge in [0.05, 0.1) is 17.4 Å². The summed E-state index contributed by atoms with van der Waals surface area (Å²) in [6.07, 6.45) is 1.05. The summed E-state index contributed by atoms with van der Waals surface area (Å²) in [5.74, 6) is -0.320. The minimum Gasteiger partial charge on any atom is -0.465 e. The first-order valence-corrected chi connectivity index (χ1v) is 9.67. The highest BCUT2D eigenvalue weighted by Gasteiger charge is 2.23. The second kappa shape index (κ2) is 9.87. The number of carbonyl (C=O) groups is 1. The van der Waals surface area contributed by atoms with Crippen LogP contribution in [0.15, 0.2) is 18.3 Å². The van der Waals surface area contributed by atoms with Gasteiger partial charge in [-0.1, -0.05) is 13.8 Å². The summed E-state index contributed by atoms with van der Waals surface area (Å²) in [7, 11) is 0. The Hall–Kier alpha value is -3.41. The van der Waals surface area contributed by atoms with E-state index in [0.29, 0.717) is 12.1 Å². The quantitative estimate of drug-likeness (QED) is 0.507. The molecule has 1 amide bonds. The molecule has 0 radical (unpaired) electrons. The molecule has 0 saturated carbocycles. The zero-order valence-electron chi connectivity index (χ0n) is 17.7. The fraction of sp³-hybridized carbons (Fsp3) is 0.429. The number of halogens is 1. The highest BCUT2D eigenvalue weighted by molar-refractivity contribution is 5.66. The topological polar surface area (TPSA) is 123 Å². The molecule has 0 aromatic carbocycles. The Morgan fingerprint density at radius 2 is 1.97 bits per heavy atom. The van der Waals surface area contributed by atoms with Crippen LogP contribution < -0.4 is 16.0 Å². The Labute approximate surface area is 175 Å². The maximum absolute atomic E-state index is 14.6. The van der Waals surface area contributed by atoms with Gasteiger partial charge in [-0.05, 0) is 50.8 Å². The van der Waals surface area contributed by atoms with Crippen molar-refractivity contribution in [3.63, 3.8) is 0 Å². The monoisotopic (exact) mass is 414 g/mol. The summed E-state index contributed by atoms with van der Waals surface area (Å²) in [5, 5.41) is 26.8. The number of nitrogens with zero attached hydrogens (tertiary/aromatic N) is 3. The third-order valence-electron chi connectivity index (χ3n) is 4.70. The second-order valence-corrected chi connectivity index (χ2v) is 7.70. The van der Waals surface area contributed by atoms with Gasteiger partial charge in [0.15, 0.2) is 17.5 Å². The van der Waals surface area contributed by atoms with Crippen molar-refractivity contribution in [2.45, 2.75) is 53.1 Å². The first kappa shape index (κ1) is 22.9. The molecule has 2 atom stereocenters. The highest BCUT2D eigenvalue weighted by Crippen LogP contribution is 2.25. The van der Waals surface area contributed by atoms with Gasteiger partial charge >= 0.3 is 6.09 Å². The van der Waals surface area contributed by atoms with Crippen LogP contribution in [0.3, 0.4) is 0 Å². The summed E-state index contributed by atoms with van der Waals surface area (Å²) in [6, 6.07) is 4.03. The summed E-state index contributed by atoms with van der Waals surface area (Å²) < 4.78 is 14.6. The molecule has 0 unspecified atom stereocenters. The molecule has 0 aliphatic rings. The van der Waals surface area contributed by atoms with Crippen LogP contribution >= 0.6 is 0 Å². The van der Waals surface area contributed by atoms with Crippen molar-refractivity contribution in [2.24, 2.45) is 5.92 Å². The number of rotatable bonds is 8. The van der Waals surface area contributed by atoms with Crippen LogP contribution in [0.1, 0.15) is 44.0 Å². The summed E-state index contributed by atoms with van der Waals surface area (Å²) in [5.41, 5.74) is 2.52. The molecule has 160 valence electrons. The maximum atomic E-state index is 14.6. The molecule has 9 heteroatoms. The van der Waals surface area contributed by atoms with Gasteiger partial charge in [-0.2, -0.15) is 5.26 Å². The molecule has 2 aromatic rings. The number of aromatic nitrogens is 2. The minimum absolute atomic E-state index is 0.0494. The predicted octanol–water partition coefficient (Wildman–Crippen LogP) is 4.33. The molecule has 0 saturated heterocycles. The van der Waals surface area contributed by atoms with Crippen LogP contribution in [0, 0.1) is 36.9 Å². The van der Waals surface area contributed by atoms with Crippen LogP contribution in [-0.2, 0) is 0 Å². The molecule has 0 aliphatic heterocycles. The lowest BCUT2D eigenvalue weighted by Gasteiger charge is -2.27. The summed E-state index contributed by atoms with van der Waals surface area (Å²) in [4.78, 5) is 19.6. The number of amides is 1. The third-order valence-corrected chi connectivity index (χ3v) is 4.70. The van der Waals surface area contributed by atoms with Crippen LogP contribution in [0.4, 0.5) is 26.5 Å². The molecule has 2 rings (SSSR count). The lowest BCUT2D eigenvalue weighted by molar-refractivity contribution is 0.188. The average Bonchev–Trinajstić information content (AvgIpc) is 2.65. The van der Waals surface area contributed by atoms with E-state index in [0.717, 1.165) is 17.3 Å². The number of pyridine rings is 2.